The number of hydrogen-bond acceptors (Lipinski definition) is 3. The highest BCUT2D eigenvalue weighted by molar-refractivity contribution is 5.94. The van der Waals surface area contributed by atoms with Crippen LogP contribution >= 0.6 is 0 Å². The van der Waals surface area contributed by atoms with Gasteiger partial charge >= 0.3 is 0 Å². The molecule has 0 unspecified atom stereocenters. The zero-order chi connectivity index (χ0) is 14.0. The number of piperazine rings is 1. The van der Waals surface area contributed by atoms with Gasteiger partial charge in [-0.05, 0) is 19.1 Å². The minimum absolute atomic E-state index is 0.0178. The number of rotatable bonds is 1. The van der Waals surface area contributed by atoms with Gasteiger partial charge in [-0.3, -0.25) is 9.78 Å². The maximum atomic E-state index is 12.4. The number of pyridine rings is 1. The second kappa shape index (κ2) is 5.29. The van der Waals surface area contributed by atoms with Crippen molar-refractivity contribution < 1.29 is 4.79 Å². The summed E-state index contributed by atoms with van der Waals surface area (Å²) in [7, 11) is 0. The summed E-state index contributed by atoms with van der Waals surface area (Å²) in [6.45, 7) is 10.9. The molecule has 19 heavy (non-hydrogen) atoms. The molecule has 4 heteroatoms. The molecule has 1 atom stereocenters. The zero-order valence-corrected chi connectivity index (χ0v) is 12.2. The molecule has 104 valence electrons. The lowest BCUT2D eigenvalue weighted by atomic mass is 9.91. The first-order valence-corrected chi connectivity index (χ1v) is 6.88. The predicted molar refractivity (Wildman–Crippen MR) is 76.3 cm³/mol. The molecule has 0 saturated carbocycles. The van der Waals surface area contributed by atoms with E-state index in [9.17, 15) is 4.79 Å². The van der Waals surface area contributed by atoms with Crippen molar-refractivity contribution in [3.63, 3.8) is 0 Å². The van der Waals surface area contributed by atoms with Crippen molar-refractivity contribution in [1.82, 2.24) is 15.2 Å². The Morgan fingerprint density at radius 1 is 1.42 bits per heavy atom. The Morgan fingerprint density at radius 2 is 2.16 bits per heavy atom. The van der Waals surface area contributed by atoms with Crippen LogP contribution in [-0.2, 0) is 5.41 Å². The third-order valence-corrected chi connectivity index (χ3v) is 3.54. The van der Waals surface area contributed by atoms with Crippen LogP contribution < -0.4 is 5.32 Å². The van der Waals surface area contributed by atoms with Crippen LogP contribution in [0.25, 0.3) is 0 Å². The highest BCUT2D eigenvalue weighted by atomic mass is 16.2. The van der Waals surface area contributed by atoms with Crippen molar-refractivity contribution in [3.8, 4) is 0 Å². The van der Waals surface area contributed by atoms with Crippen molar-refractivity contribution in [2.75, 3.05) is 19.6 Å². The van der Waals surface area contributed by atoms with E-state index in [0.717, 1.165) is 25.3 Å². The molecule has 1 aliphatic rings. The van der Waals surface area contributed by atoms with E-state index in [1.54, 1.807) is 6.20 Å². The first-order valence-electron chi connectivity index (χ1n) is 6.88. The van der Waals surface area contributed by atoms with Crippen LogP contribution in [0.15, 0.2) is 18.3 Å². The van der Waals surface area contributed by atoms with Crippen LogP contribution in [0.2, 0.25) is 0 Å². The van der Waals surface area contributed by atoms with Gasteiger partial charge in [0.25, 0.3) is 5.91 Å². The van der Waals surface area contributed by atoms with Crippen molar-refractivity contribution in [1.29, 1.82) is 0 Å². The molecule has 1 N–H and O–H groups in total. The molecule has 1 amide bonds. The van der Waals surface area contributed by atoms with Gasteiger partial charge < -0.3 is 10.2 Å². The van der Waals surface area contributed by atoms with Gasteiger partial charge in [-0.25, -0.2) is 0 Å². The smallest absolute Gasteiger partial charge is 0.255 e. The molecule has 0 aromatic carbocycles. The SMILES string of the molecule is C[C@@H]1CNCCN1C(=O)c1ccc(C(C)(C)C)nc1. The van der Waals surface area contributed by atoms with Gasteiger partial charge in [-0.15, -0.1) is 0 Å². The van der Waals surface area contributed by atoms with E-state index in [1.807, 2.05) is 17.0 Å². The summed E-state index contributed by atoms with van der Waals surface area (Å²) in [5, 5.41) is 3.29. The van der Waals surface area contributed by atoms with E-state index in [1.165, 1.54) is 0 Å². The molecular weight excluding hydrogens is 238 g/mol. The molecule has 2 heterocycles. The topological polar surface area (TPSA) is 45.2 Å². The lowest BCUT2D eigenvalue weighted by Crippen LogP contribution is -2.52. The third-order valence-electron chi connectivity index (χ3n) is 3.54. The molecule has 1 aromatic heterocycles. The van der Waals surface area contributed by atoms with E-state index in [-0.39, 0.29) is 17.4 Å². The number of carbonyl (C=O) groups excluding carboxylic acids is 1. The quantitative estimate of drug-likeness (QED) is 0.838. The van der Waals surface area contributed by atoms with Gasteiger partial charge in [0.1, 0.15) is 0 Å². The van der Waals surface area contributed by atoms with Crippen molar-refractivity contribution in [2.24, 2.45) is 0 Å². The normalized spacial score (nSPS) is 20.4. The van der Waals surface area contributed by atoms with Crippen molar-refractivity contribution in [2.45, 2.75) is 39.2 Å². The average Bonchev–Trinajstić information content (AvgIpc) is 2.38. The summed E-state index contributed by atoms with van der Waals surface area (Å²) in [6.07, 6.45) is 1.71. The zero-order valence-electron chi connectivity index (χ0n) is 12.2. The van der Waals surface area contributed by atoms with Crippen LogP contribution in [-0.4, -0.2) is 41.5 Å². The van der Waals surface area contributed by atoms with Gasteiger partial charge in [0.05, 0.1) is 5.56 Å². The maximum Gasteiger partial charge on any atom is 0.255 e. The minimum atomic E-state index is 0.0178. The molecule has 0 radical (unpaired) electrons. The predicted octanol–water partition coefficient (Wildman–Crippen LogP) is 1.81. The highest BCUT2D eigenvalue weighted by Crippen LogP contribution is 2.20. The summed E-state index contributed by atoms with van der Waals surface area (Å²) in [6, 6.07) is 4.09. The fourth-order valence-electron chi connectivity index (χ4n) is 2.27. The van der Waals surface area contributed by atoms with Crippen molar-refractivity contribution in [3.05, 3.63) is 29.6 Å². The second-order valence-electron chi connectivity index (χ2n) is 6.23. The largest absolute Gasteiger partial charge is 0.333 e. The van der Waals surface area contributed by atoms with E-state index in [4.69, 9.17) is 0 Å². The Bertz CT molecular complexity index is 447. The highest BCUT2D eigenvalue weighted by Gasteiger charge is 2.24. The number of carbonyl (C=O) groups is 1. The van der Waals surface area contributed by atoms with E-state index in [2.05, 4.69) is 38.0 Å². The average molecular weight is 261 g/mol. The molecule has 1 fully saturated rings. The van der Waals surface area contributed by atoms with Crippen LogP contribution in [0.4, 0.5) is 0 Å². The van der Waals surface area contributed by atoms with E-state index in [0.29, 0.717) is 5.56 Å². The first kappa shape index (κ1) is 14.0. The van der Waals surface area contributed by atoms with E-state index < -0.39 is 0 Å². The lowest BCUT2D eigenvalue weighted by Gasteiger charge is -2.34. The summed E-state index contributed by atoms with van der Waals surface area (Å²) in [5.74, 6) is 0.0851. The van der Waals surface area contributed by atoms with Crippen LogP contribution in [0.5, 0.6) is 0 Å². The molecule has 4 nitrogen and oxygen atoms in total. The Hall–Kier alpha value is -1.42. The molecule has 2 rings (SSSR count). The number of nitrogens with one attached hydrogen (secondary N) is 1. The Balaban J connectivity index is 2.15. The molecule has 1 aliphatic heterocycles. The Labute approximate surface area is 115 Å². The number of hydrogen-bond donors (Lipinski definition) is 1. The fraction of sp³-hybridized carbons (Fsp3) is 0.600. The van der Waals surface area contributed by atoms with Gasteiger partial charge in [0, 0.05) is 43.0 Å². The molecule has 1 saturated heterocycles. The second-order valence-corrected chi connectivity index (χ2v) is 6.23. The summed E-state index contributed by atoms with van der Waals surface area (Å²) in [5.41, 5.74) is 1.71. The summed E-state index contributed by atoms with van der Waals surface area (Å²) >= 11 is 0. The standard InChI is InChI=1S/C15H23N3O/c1-11-9-16-7-8-18(11)14(19)12-5-6-13(17-10-12)15(2,3)4/h5-6,10-11,16H,7-9H2,1-4H3/t11-/m1/s1. The van der Waals surface area contributed by atoms with Gasteiger partial charge in [0.15, 0.2) is 0 Å². The molecule has 0 spiro atoms. The Kier molecular flexibility index (Phi) is 3.90. The van der Waals surface area contributed by atoms with Crippen LogP contribution in [0.3, 0.4) is 0 Å². The van der Waals surface area contributed by atoms with Gasteiger partial charge in [-0.1, -0.05) is 20.8 Å². The van der Waals surface area contributed by atoms with Crippen LogP contribution in [0.1, 0.15) is 43.7 Å². The van der Waals surface area contributed by atoms with Crippen molar-refractivity contribution >= 4 is 5.91 Å². The molecule has 0 aliphatic carbocycles. The van der Waals surface area contributed by atoms with E-state index >= 15 is 0 Å². The third kappa shape index (κ3) is 3.13. The monoisotopic (exact) mass is 261 g/mol. The Morgan fingerprint density at radius 3 is 2.68 bits per heavy atom. The number of amides is 1. The molecular formula is C15H23N3O. The first-order chi connectivity index (χ1) is 8.89. The van der Waals surface area contributed by atoms with Crippen LogP contribution in [0, 0.1) is 0 Å². The number of nitrogens with zero attached hydrogens (tertiary/aromatic N) is 2. The summed E-state index contributed by atoms with van der Waals surface area (Å²) < 4.78 is 0. The fourth-order valence-corrected chi connectivity index (χ4v) is 2.27. The lowest BCUT2D eigenvalue weighted by molar-refractivity contribution is 0.0655. The maximum absolute atomic E-state index is 12.4. The molecule has 0 bridgehead atoms. The minimum Gasteiger partial charge on any atom is -0.333 e. The van der Waals surface area contributed by atoms with Gasteiger partial charge in [-0.2, -0.15) is 0 Å². The number of aromatic nitrogens is 1. The van der Waals surface area contributed by atoms with Gasteiger partial charge in [0.2, 0.25) is 0 Å². The summed E-state index contributed by atoms with van der Waals surface area (Å²) in [4.78, 5) is 18.8. The molecule has 1 aromatic rings.